The van der Waals surface area contributed by atoms with E-state index in [-0.39, 0.29) is 0 Å². The van der Waals surface area contributed by atoms with Crippen LogP contribution < -0.4 is 16.0 Å². The smallest absolute Gasteiger partial charge is 0.290 e. The number of amidine groups is 1. The van der Waals surface area contributed by atoms with Crippen molar-refractivity contribution < 1.29 is 9.84 Å². The van der Waals surface area contributed by atoms with E-state index in [0.29, 0.717) is 22.6 Å². The second-order valence-electron chi connectivity index (χ2n) is 11.2. The van der Waals surface area contributed by atoms with Crippen LogP contribution >= 0.6 is 34.8 Å². The number of nitrogens with zero attached hydrogens (tertiary/aromatic N) is 1. The standard InChI is InChI=1S/C17H17ClN2O.C15H16ClNO.C7H8ClN/c1-3-19-16-20-15-10-9-13(18)11-14(15)17(2,21-16)12-7-5-4-6-8-12;1-15(18,11-6-4-3-5-7-11)13-10-12(16)8-9-14(13)17-2;1-9-7-4-2-6(8)3-5-7/h4-11H,3H2,1-2H3,(H,19,20);3-10,17-18H,1-2H3;2-5,9H,1H3/t17-;15-;/m11./s1. The summed E-state index contributed by atoms with van der Waals surface area (Å²) in [5, 5.41) is 22.2. The number of fused-ring (bicyclic) bond motifs is 1. The van der Waals surface area contributed by atoms with Crippen LogP contribution in [0.1, 0.15) is 43.0 Å². The SMILES string of the molecule is CCN=C1Nc2ccc(Cl)cc2[C@@](C)(c2ccccc2)O1.CNc1ccc(Cl)cc1.CNc1ccc(Cl)cc1[C@](C)(O)c1ccccc1. The third-order valence-corrected chi connectivity index (χ3v) is 8.63. The number of benzene rings is 5. The second-order valence-corrected chi connectivity index (χ2v) is 12.5. The Labute approximate surface area is 298 Å². The number of anilines is 3. The lowest BCUT2D eigenvalue weighted by Gasteiger charge is -2.38. The van der Waals surface area contributed by atoms with E-state index < -0.39 is 11.2 Å². The Morgan fingerprint density at radius 1 is 0.771 bits per heavy atom. The third kappa shape index (κ3) is 9.03. The van der Waals surface area contributed by atoms with Crippen molar-refractivity contribution in [3.63, 3.8) is 0 Å². The number of nitrogens with one attached hydrogen (secondary N) is 3. The van der Waals surface area contributed by atoms with Gasteiger partial charge in [-0.3, -0.25) is 0 Å². The molecule has 5 aromatic rings. The quantitative estimate of drug-likeness (QED) is 0.142. The van der Waals surface area contributed by atoms with Gasteiger partial charge in [-0.1, -0.05) is 95.5 Å². The van der Waals surface area contributed by atoms with Gasteiger partial charge in [0.15, 0.2) is 5.60 Å². The molecule has 6 nitrogen and oxygen atoms in total. The normalized spacial score (nSPS) is 16.7. The minimum absolute atomic E-state index is 0.540. The second kappa shape index (κ2) is 16.8. The Hall–Kier alpha value is -4.20. The van der Waals surface area contributed by atoms with Gasteiger partial charge in [0.05, 0.1) is 0 Å². The predicted octanol–water partition coefficient (Wildman–Crippen LogP) is 10.4. The van der Waals surface area contributed by atoms with E-state index in [2.05, 4.69) is 33.1 Å². The molecule has 4 N–H and O–H groups in total. The highest BCUT2D eigenvalue weighted by atomic mass is 35.5. The molecule has 0 unspecified atom stereocenters. The molecule has 6 rings (SSSR count). The summed E-state index contributed by atoms with van der Waals surface area (Å²) in [5.74, 6) is 0. The number of aliphatic hydroxyl groups is 1. The summed E-state index contributed by atoms with van der Waals surface area (Å²) in [6, 6.07) is 39.0. The predicted molar refractivity (Wildman–Crippen MR) is 204 cm³/mol. The molecule has 2 atom stereocenters. The molecule has 250 valence electrons. The highest BCUT2D eigenvalue weighted by Gasteiger charge is 2.38. The first kappa shape index (κ1) is 36.6. The Balaban J connectivity index is 0.000000175. The van der Waals surface area contributed by atoms with Gasteiger partial charge in [-0.05, 0) is 92.6 Å². The molecule has 5 aromatic carbocycles. The van der Waals surface area contributed by atoms with Crippen LogP contribution in [0.5, 0.6) is 0 Å². The lowest BCUT2D eigenvalue weighted by Crippen LogP contribution is -2.39. The number of hydrogen-bond acceptors (Lipinski definition) is 5. The zero-order chi connectivity index (χ0) is 34.7. The topological polar surface area (TPSA) is 77.9 Å². The van der Waals surface area contributed by atoms with Gasteiger partial charge < -0.3 is 25.8 Å². The third-order valence-electron chi connectivity index (χ3n) is 7.91. The molecule has 0 saturated heterocycles. The summed E-state index contributed by atoms with van der Waals surface area (Å²) in [6.45, 7) is 6.46. The summed E-state index contributed by atoms with van der Waals surface area (Å²) in [7, 11) is 3.71. The van der Waals surface area contributed by atoms with Crippen molar-refractivity contribution in [2.45, 2.75) is 32.0 Å². The highest BCUT2D eigenvalue weighted by Crippen LogP contribution is 2.42. The average molecular weight is 704 g/mol. The maximum Gasteiger partial charge on any atom is 0.290 e. The minimum Gasteiger partial charge on any atom is -0.449 e. The Morgan fingerprint density at radius 2 is 1.35 bits per heavy atom. The van der Waals surface area contributed by atoms with Gasteiger partial charge in [0.2, 0.25) is 0 Å². The van der Waals surface area contributed by atoms with Crippen molar-refractivity contribution in [1.82, 2.24) is 0 Å². The molecule has 0 saturated carbocycles. The van der Waals surface area contributed by atoms with E-state index in [9.17, 15) is 5.11 Å². The van der Waals surface area contributed by atoms with Crippen molar-refractivity contribution in [3.8, 4) is 0 Å². The van der Waals surface area contributed by atoms with Crippen molar-refractivity contribution in [2.24, 2.45) is 4.99 Å². The summed E-state index contributed by atoms with van der Waals surface area (Å²) in [6.07, 6.45) is 0. The molecule has 0 radical (unpaired) electrons. The molecule has 48 heavy (non-hydrogen) atoms. The van der Waals surface area contributed by atoms with Crippen LogP contribution in [0.25, 0.3) is 0 Å². The van der Waals surface area contributed by atoms with Crippen LogP contribution in [0.3, 0.4) is 0 Å². The van der Waals surface area contributed by atoms with Crippen molar-refractivity contribution in [2.75, 3.05) is 36.6 Å². The van der Waals surface area contributed by atoms with Crippen molar-refractivity contribution in [1.29, 1.82) is 0 Å². The van der Waals surface area contributed by atoms with Crippen LogP contribution in [0.15, 0.2) is 126 Å². The van der Waals surface area contributed by atoms with E-state index in [1.54, 1.807) is 19.1 Å². The average Bonchev–Trinajstić information content (AvgIpc) is 3.10. The van der Waals surface area contributed by atoms with E-state index in [0.717, 1.165) is 44.3 Å². The molecule has 1 aliphatic rings. The van der Waals surface area contributed by atoms with Crippen LogP contribution in [-0.2, 0) is 15.9 Å². The summed E-state index contributed by atoms with van der Waals surface area (Å²) in [4.78, 5) is 4.38. The van der Waals surface area contributed by atoms with Crippen LogP contribution in [0.2, 0.25) is 15.1 Å². The van der Waals surface area contributed by atoms with Crippen molar-refractivity contribution >= 4 is 57.9 Å². The molecule has 0 aliphatic carbocycles. The molecular formula is C39H41Cl3N4O2. The highest BCUT2D eigenvalue weighted by molar-refractivity contribution is 6.31. The van der Waals surface area contributed by atoms with E-state index in [1.165, 1.54) is 0 Å². The van der Waals surface area contributed by atoms with Crippen LogP contribution in [0, 0.1) is 0 Å². The number of rotatable bonds is 6. The van der Waals surface area contributed by atoms with Gasteiger partial charge in [-0.15, -0.1) is 0 Å². The number of aliphatic imine (C=N–C) groups is 1. The first-order chi connectivity index (χ1) is 23.0. The molecule has 9 heteroatoms. The summed E-state index contributed by atoms with van der Waals surface area (Å²) < 4.78 is 6.16. The fourth-order valence-electron chi connectivity index (χ4n) is 5.27. The first-order valence-electron chi connectivity index (χ1n) is 15.6. The number of hydrogen-bond donors (Lipinski definition) is 4. The molecule has 1 heterocycles. The minimum atomic E-state index is -1.08. The van der Waals surface area contributed by atoms with Gasteiger partial charge in [0.25, 0.3) is 6.02 Å². The van der Waals surface area contributed by atoms with Crippen molar-refractivity contribution in [3.05, 3.63) is 159 Å². The monoisotopic (exact) mass is 702 g/mol. The molecule has 0 aromatic heterocycles. The maximum atomic E-state index is 10.8. The Kier molecular flexibility index (Phi) is 12.8. The first-order valence-corrected chi connectivity index (χ1v) is 16.7. The molecular weight excluding hydrogens is 663 g/mol. The summed E-state index contributed by atoms with van der Waals surface area (Å²) in [5.41, 5.74) is 4.92. The number of halogens is 3. The molecule has 0 amide bonds. The fraction of sp³-hybridized carbons (Fsp3) is 0.205. The molecule has 0 fully saturated rings. The lowest BCUT2D eigenvalue weighted by molar-refractivity contribution is 0.103. The van der Waals surface area contributed by atoms with Crippen LogP contribution in [-0.4, -0.2) is 31.8 Å². The molecule has 0 spiro atoms. The molecule has 0 bridgehead atoms. The Bertz CT molecular complexity index is 1800. The zero-order valence-electron chi connectivity index (χ0n) is 27.7. The Morgan fingerprint density at radius 3 is 1.96 bits per heavy atom. The van der Waals surface area contributed by atoms with Crippen LogP contribution in [0.4, 0.5) is 17.1 Å². The van der Waals surface area contributed by atoms with Gasteiger partial charge in [0.1, 0.15) is 5.60 Å². The zero-order valence-corrected chi connectivity index (χ0v) is 30.0. The largest absolute Gasteiger partial charge is 0.449 e. The van der Waals surface area contributed by atoms with E-state index in [4.69, 9.17) is 39.5 Å². The van der Waals surface area contributed by atoms with Gasteiger partial charge in [-0.25, -0.2) is 4.99 Å². The maximum absolute atomic E-state index is 10.8. The number of ether oxygens (including phenoxy) is 1. The van der Waals surface area contributed by atoms with E-state index >= 15 is 0 Å². The summed E-state index contributed by atoms with van der Waals surface area (Å²) >= 11 is 17.8. The van der Waals surface area contributed by atoms with E-state index in [1.807, 2.05) is 125 Å². The lowest BCUT2D eigenvalue weighted by atomic mass is 9.86. The van der Waals surface area contributed by atoms with Gasteiger partial charge in [-0.2, -0.15) is 0 Å². The fourth-order valence-corrected chi connectivity index (χ4v) is 5.74. The van der Waals surface area contributed by atoms with Gasteiger partial charge >= 0.3 is 0 Å². The van der Waals surface area contributed by atoms with Gasteiger partial charge in [0, 0.05) is 63.9 Å². The molecule has 1 aliphatic heterocycles.